The van der Waals surface area contributed by atoms with Gasteiger partial charge in [-0.1, -0.05) is 31.0 Å². The highest BCUT2D eigenvalue weighted by atomic mass is 32.1. The summed E-state index contributed by atoms with van der Waals surface area (Å²) in [5.74, 6) is 2.60. The second kappa shape index (κ2) is 10.9. The highest BCUT2D eigenvalue weighted by molar-refractivity contribution is 7.80. The van der Waals surface area contributed by atoms with Crippen molar-refractivity contribution in [3.05, 3.63) is 72.1 Å². The molecule has 1 aliphatic carbocycles. The van der Waals surface area contributed by atoms with Crippen LogP contribution in [0.1, 0.15) is 37.1 Å². The lowest BCUT2D eigenvalue weighted by Crippen LogP contribution is -2.39. The van der Waals surface area contributed by atoms with Gasteiger partial charge in [0.2, 0.25) is 11.9 Å². The average molecular weight is 461 g/mol. The molecule has 2 aromatic carbocycles. The summed E-state index contributed by atoms with van der Waals surface area (Å²) in [6, 6.07) is 19.5. The van der Waals surface area contributed by atoms with Crippen molar-refractivity contribution in [1.29, 1.82) is 0 Å². The first-order valence-corrected chi connectivity index (χ1v) is 11.5. The Kier molecular flexibility index (Phi) is 7.47. The summed E-state index contributed by atoms with van der Waals surface area (Å²) in [7, 11) is 0. The first-order chi connectivity index (χ1) is 16.0. The van der Waals surface area contributed by atoms with Crippen molar-refractivity contribution in [3.8, 4) is 11.5 Å². The second-order valence-electron chi connectivity index (χ2n) is 8.03. The Bertz CT molecular complexity index is 1090. The van der Waals surface area contributed by atoms with Crippen molar-refractivity contribution in [2.24, 2.45) is 4.99 Å². The van der Waals surface area contributed by atoms with Crippen LogP contribution in [0, 0.1) is 13.8 Å². The molecule has 8 heteroatoms. The number of guanidine groups is 1. The van der Waals surface area contributed by atoms with E-state index in [0.29, 0.717) is 17.0 Å². The van der Waals surface area contributed by atoms with E-state index in [9.17, 15) is 0 Å². The number of rotatable bonds is 5. The molecule has 0 bridgehead atoms. The molecule has 1 aromatic heterocycles. The van der Waals surface area contributed by atoms with E-state index in [-0.39, 0.29) is 6.04 Å². The normalized spacial score (nSPS) is 14.1. The third kappa shape index (κ3) is 6.98. The number of nitrogens with zero attached hydrogens (tertiary/aromatic N) is 3. The lowest BCUT2D eigenvalue weighted by atomic mass is 10.3. The topological polar surface area (TPSA) is 83.5 Å². The van der Waals surface area contributed by atoms with E-state index in [1.54, 1.807) is 0 Å². The maximum Gasteiger partial charge on any atom is 0.229 e. The SMILES string of the molecule is Cc1cc(C)nc(NC(=NC2CCCC2)NC(=S)Nc2ccc(Oc3ccccc3)cc2)n1. The summed E-state index contributed by atoms with van der Waals surface area (Å²) in [4.78, 5) is 13.8. The largest absolute Gasteiger partial charge is 0.457 e. The summed E-state index contributed by atoms with van der Waals surface area (Å²) in [6.07, 6.45) is 4.54. The van der Waals surface area contributed by atoms with E-state index in [1.165, 1.54) is 12.8 Å². The predicted molar refractivity (Wildman–Crippen MR) is 137 cm³/mol. The molecule has 0 radical (unpaired) electrons. The van der Waals surface area contributed by atoms with Crippen LogP contribution in [0.4, 0.5) is 11.6 Å². The molecule has 0 aliphatic heterocycles. The van der Waals surface area contributed by atoms with Gasteiger partial charge in [-0.25, -0.2) is 15.0 Å². The van der Waals surface area contributed by atoms with E-state index in [2.05, 4.69) is 25.9 Å². The van der Waals surface area contributed by atoms with Gasteiger partial charge in [0, 0.05) is 17.1 Å². The molecule has 33 heavy (non-hydrogen) atoms. The number of ether oxygens (including phenoxy) is 1. The van der Waals surface area contributed by atoms with Crippen LogP contribution in [-0.2, 0) is 0 Å². The summed E-state index contributed by atoms with van der Waals surface area (Å²) in [6.45, 7) is 3.89. The summed E-state index contributed by atoms with van der Waals surface area (Å²) in [5.41, 5.74) is 2.63. The van der Waals surface area contributed by atoms with Gasteiger partial charge in [-0.15, -0.1) is 0 Å². The molecule has 1 aliphatic rings. The molecule has 0 amide bonds. The molecule has 170 valence electrons. The van der Waals surface area contributed by atoms with Crippen LogP contribution in [0.25, 0.3) is 0 Å². The summed E-state index contributed by atoms with van der Waals surface area (Å²) < 4.78 is 5.84. The van der Waals surface area contributed by atoms with Crippen LogP contribution in [-0.4, -0.2) is 27.1 Å². The summed E-state index contributed by atoms with van der Waals surface area (Å²) in [5, 5.41) is 10.0. The molecule has 0 spiro atoms. The highest BCUT2D eigenvalue weighted by Gasteiger charge is 2.16. The molecular weight excluding hydrogens is 432 g/mol. The van der Waals surface area contributed by atoms with Crippen molar-refractivity contribution in [2.75, 3.05) is 10.6 Å². The van der Waals surface area contributed by atoms with Crippen LogP contribution < -0.4 is 20.7 Å². The predicted octanol–water partition coefficient (Wildman–Crippen LogP) is 5.58. The number of hydrogen-bond acceptors (Lipinski definition) is 5. The van der Waals surface area contributed by atoms with Crippen molar-refractivity contribution in [2.45, 2.75) is 45.6 Å². The van der Waals surface area contributed by atoms with Gasteiger partial charge in [0.15, 0.2) is 5.11 Å². The Morgan fingerprint density at radius 3 is 2.21 bits per heavy atom. The van der Waals surface area contributed by atoms with Gasteiger partial charge in [-0.2, -0.15) is 0 Å². The first-order valence-electron chi connectivity index (χ1n) is 11.1. The molecule has 7 nitrogen and oxygen atoms in total. The number of aryl methyl sites for hydroxylation is 2. The van der Waals surface area contributed by atoms with Crippen molar-refractivity contribution < 1.29 is 4.74 Å². The van der Waals surface area contributed by atoms with Crippen molar-refractivity contribution in [1.82, 2.24) is 15.3 Å². The van der Waals surface area contributed by atoms with Crippen molar-refractivity contribution >= 4 is 34.9 Å². The van der Waals surface area contributed by atoms with Crippen LogP contribution in [0.3, 0.4) is 0 Å². The maximum absolute atomic E-state index is 5.84. The average Bonchev–Trinajstić information content (AvgIpc) is 3.28. The fourth-order valence-corrected chi connectivity index (χ4v) is 3.91. The fourth-order valence-electron chi connectivity index (χ4n) is 3.70. The molecular formula is C25H28N6OS. The summed E-state index contributed by atoms with van der Waals surface area (Å²) >= 11 is 5.54. The third-order valence-corrected chi connectivity index (χ3v) is 5.38. The lowest BCUT2D eigenvalue weighted by molar-refractivity contribution is 0.483. The Morgan fingerprint density at radius 2 is 1.55 bits per heavy atom. The smallest absolute Gasteiger partial charge is 0.229 e. The van der Waals surface area contributed by atoms with Crippen LogP contribution in [0.15, 0.2) is 65.7 Å². The molecule has 1 saturated carbocycles. The Balaban J connectivity index is 1.40. The van der Waals surface area contributed by atoms with Gasteiger partial charge < -0.3 is 15.4 Å². The molecule has 1 heterocycles. The Labute approximate surface area is 199 Å². The monoisotopic (exact) mass is 460 g/mol. The third-order valence-electron chi connectivity index (χ3n) is 5.17. The minimum Gasteiger partial charge on any atom is -0.457 e. The number of aliphatic imine (C=N–C) groups is 1. The van der Waals surface area contributed by atoms with E-state index in [1.807, 2.05) is 74.5 Å². The van der Waals surface area contributed by atoms with Gasteiger partial charge >= 0.3 is 0 Å². The number of nitrogens with one attached hydrogen (secondary N) is 3. The van der Waals surface area contributed by atoms with Crippen LogP contribution >= 0.6 is 12.2 Å². The zero-order valence-electron chi connectivity index (χ0n) is 18.8. The van der Waals surface area contributed by atoms with Crippen LogP contribution in [0.5, 0.6) is 11.5 Å². The zero-order chi connectivity index (χ0) is 23.0. The first kappa shape index (κ1) is 22.7. The van der Waals surface area contributed by atoms with Crippen molar-refractivity contribution in [3.63, 3.8) is 0 Å². The molecule has 0 unspecified atom stereocenters. The number of anilines is 2. The Hall–Kier alpha value is -3.52. The van der Waals surface area contributed by atoms with E-state index >= 15 is 0 Å². The molecule has 0 atom stereocenters. The van der Waals surface area contributed by atoms with Gasteiger partial charge in [0.05, 0.1) is 6.04 Å². The molecule has 4 rings (SSSR count). The van der Waals surface area contributed by atoms with Gasteiger partial charge in [0.1, 0.15) is 11.5 Å². The quantitative estimate of drug-likeness (QED) is 0.260. The van der Waals surface area contributed by atoms with E-state index in [0.717, 1.165) is 41.4 Å². The van der Waals surface area contributed by atoms with E-state index in [4.69, 9.17) is 21.9 Å². The number of benzene rings is 2. The number of para-hydroxylation sites is 1. The van der Waals surface area contributed by atoms with Crippen LogP contribution in [0.2, 0.25) is 0 Å². The maximum atomic E-state index is 5.84. The standard InChI is InChI=1S/C25H28N6OS/c1-17-16-18(2)27-23(26-17)30-24(28-19-8-6-7-9-19)31-25(33)29-20-12-14-22(15-13-20)32-21-10-4-3-5-11-21/h3-5,10-16,19H,6-9H2,1-2H3,(H3,26,27,28,29,30,31,33). The fraction of sp³-hybridized carbons (Fsp3) is 0.280. The minimum absolute atomic E-state index is 0.267. The van der Waals surface area contributed by atoms with E-state index < -0.39 is 0 Å². The Morgan fingerprint density at radius 1 is 0.909 bits per heavy atom. The highest BCUT2D eigenvalue weighted by Crippen LogP contribution is 2.23. The van der Waals surface area contributed by atoms with Gasteiger partial charge in [-0.05, 0) is 81.4 Å². The lowest BCUT2D eigenvalue weighted by Gasteiger charge is -2.16. The molecule has 1 fully saturated rings. The van der Waals surface area contributed by atoms with Gasteiger partial charge in [0.25, 0.3) is 0 Å². The number of thiocarbonyl (C=S) groups is 1. The number of hydrogen-bond donors (Lipinski definition) is 3. The molecule has 3 aromatic rings. The molecule has 3 N–H and O–H groups in total. The number of aromatic nitrogens is 2. The zero-order valence-corrected chi connectivity index (χ0v) is 19.7. The second-order valence-corrected chi connectivity index (χ2v) is 8.44. The minimum atomic E-state index is 0.267. The van der Waals surface area contributed by atoms with Gasteiger partial charge in [-0.3, -0.25) is 5.32 Å². The molecule has 0 saturated heterocycles.